The fourth-order valence-electron chi connectivity index (χ4n) is 4.16. The summed E-state index contributed by atoms with van der Waals surface area (Å²) in [6.45, 7) is -0.178. The van der Waals surface area contributed by atoms with Gasteiger partial charge < -0.3 is 15.5 Å². The van der Waals surface area contributed by atoms with E-state index in [0.717, 1.165) is 34.6 Å². The van der Waals surface area contributed by atoms with E-state index in [0.29, 0.717) is 19.4 Å². The SMILES string of the molecule is O=C1NCCC[C@@H]1NC(=O)[C@@H]1CN(S(=O)(=O)c2ccc(F)cc2)CCN1C(=O)c1cccc(F)c1. The average Bonchev–Trinajstić information content (AvgIpc) is 2.85. The molecule has 2 aliphatic rings. The van der Waals surface area contributed by atoms with Crippen LogP contribution >= 0.6 is 0 Å². The van der Waals surface area contributed by atoms with E-state index in [2.05, 4.69) is 10.6 Å². The molecule has 12 heteroatoms. The molecule has 0 saturated carbocycles. The Morgan fingerprint density at radius 1 is 1.03 bits per heavy atom. The van der Waals surface area contributed by atoms with Gasteiger partial charge in [0, 0.05) is 31.7 Å². The molecule has 0 unspecified atom stereocenters. The van der Waals surface area contributed by atoms with Crippen molar-refractivity contribution >= 4 is 27.7 Å². The lowest BCUT2D eigenvalue weighted by molar-refractivity contribution is -0.133. The van der Waals surface area contributed by atoms with Crippen LogP contribution in [0.4, 0.5) is 8.78 Å². The zero-order chi connectivity index (χ0) is 25.2. The first-order chi connectivity index (χ1) is 16.7. The lowest BCUT2D eigenvalue weighted by Crippen LogP contribution is -2.63. The van der Waals surface area contributed by atoms with Crippen molar-refractivity contribution in [3.05, 3.63) is 65.7 Å². The highest BCUT2D eigenvalue weighted by Crippen LogP contribution is 2.23. The summed E-state index contributed by atoms with van der Waals surface area (Å²) in [7, 11) is -4.10. The Kier molecular flexibility index (Phi) is 7.13. The van der Waals surface area contributed by atoms with Crippen molar-refractivity contribution in [2.24, 2.45) is 0 Å². The molecular weight excluding hydrogens is 482 g/mol. The Labute approximate surface area is 201 Å². The number of nitrogens with zero attached hydrogens (tertiary/aromatic N) is 2. The molecule has 2 atom stereocenters. The summed E-state index contributed by atoms with van der Waals surface area (Å²) in [4.78, 5) is 39.6. The van der Waals surface area contributed by atoms with Crippen LogP contribution in [0.25, 0.3) is 0 Å². The van der Waals surface area contributed by atoms with Gasteiger partial charge in [0.05, 0.1) is 4.90 Å². The quantitative estimate of drug-likeness (QED) is 0.625. The molecule has 2 aromatic rings. The van der Waals surface area contributed by atoms with Crippen molar-refractivity contribution in [2.45, 2.75) is 29.8 Å². The molecule has 2 saturated heterocycles. The molecule has 3 amide bonds. The van der Waals surface area contributed by atoms with Gasteiger partial charge in [-0.3, -0.25) is 14.4 Å². The van der Waals surface area contributed by atoms with E-state index in [1.54, 1.807) is 0 Å². The summed E-state index contributed by atoms with van der Waals surface area (Å²) in [6.07, 6.45) is 1.05. The van der Waals surface area contributed by atoms with Crippen molar-refractivity contribution in [1.29, 1.82) is 0 Å². The first kappa shape index (κ1) is 24.7. The second-order valence-corrected chi connectivity index (χ2v) is 10.3. The number of piperazine rings is 1. The van der Waals surface area contributed by atoms with Crippen molar-refractivity contribution in [3.8, 4) is 0 Å². The van der Waals surface area contributed by atoms with E-state index >= 15 is 0 Å². The first-order valence-corrected chi connectivity index (χ1v) is 12.5. The Morgan fingerprint density at radius 2 is 1.77 bits per heavy atom. The fraction of sp³-hybridized carbons (Fsp3) is 0.348. The van der Waals surface area contributed by atoms with Gasteiger partial charge in [0.15, 0.2) is 0 Å². The molecular formula is C23H24F2N4O5S. The number of halogens is 2. The van der Waals surface area contributed by atoms with E-state index < -0.39 is 45.6 Å². The van der Waals surface area contributed by atoms with E-state index in [-0.39, 0.29) is 36.0 Å². The van der Waals surface area contributed by atoms with Gasteiger partial charge in [-0.2, -0.15) is 4.31 Å². The number of hydrogen-bond acceptors (Lipinski definition) is 5. The minimum atomic E-state index is -4.10. The van der Waals surface area contributed by atoms with E-state index in [9.17, 15) is 31.6 Å². The summed E-state index contributed by atoms with van der Waals surface area (Å²) in [5.74, 6) is -2.93. The van der Waals surface area contributed by atoms with Crippen LogP contribution in [0.3, 0.4) is 0 Å². The zero-order valence-electron chi connectivity index (χ0n) is 18.6. The number of rotatable bonds is 5. The molecule has 9 nitrogen and oxygen atoms in total. The second kappa shape index (κ2) is 10.1. The third-order valence-electron chi connectivity index (χ3n) is 6.03. The molecule has 0 bridgehead atoms. The van der Waals surface area contributed by atoms with Gasteiger partial charge in [-0.15, -0.1) is 0 Å². The number of sulfonamides is 1. The third-order valence-corrected chi connectivity index (χ3v) is 7.91. The van der Waals surface area contributed by atoms with Crippen molar-refractivity contribution < 1.29 is 31.6 Å². The highest BCUT2D eigenvalue weighted by Gasteiger charge is 2.41. The molecule has 2 aromatic carbocycles. The van der Waals surface area contributed by atoms with Crippen LogP contribution in [0.1, 0.15) is 23.2 Å². The van der Waals surface area contributed by atoms with Crippen LogP contribution in [-0.4, -0.2) is 73.6 Å². The lowest BCUT2D eigenvalue weighted by atomic mass is 10.0. The Hall–Kier alpha value is -3.38. The number of nitrogens with one attached hydrogen (secondary N) is 2. The lowest BCUT2D eigenvalue weighted by Gasteiger charge is -2.40. The van der Waals surface area contributed by atoms with Crippen LogP contribution in [0.2, 0.25) is 0 Å². The molecule has 0 spiro atoms. The number of benzene rings is 2. The predicted molar refractivity (Wildman–Crippen MR) is 121 cm³/mol. The molecule has 186 valence electrons. The van der Waals surface area contributed by atoms with Gasteiger partial charge in [-0.1, -0.05) is 6.07 Å². The molecule has 2 aliphatic heterocycles. The van der Waals surface area contributed by atoms with Crippen LogP contribution in [0.15, 0.2) is 53.4 Å². The Morgan fingerprint density at radius 3 is 2.46 bits per heavy atom. The fourth-order valence-corrected chi connectivity index (χ4v) is 5.60. The van der Waals surface area contributed by atoms with Gasteiger partial charge in [0.25, 0.3) is 5.91 Å². The van der Waals surface area contributed by atoms with Gasteiger partial charge >= 0.3 is 0 Å². The maximum Gasteiger partial charge on any atom is 0.254 e. The van der Waals surface area contributed by atoms with Gasteiger partial charge in [0.1, 0.15) is 23.7 Å². The number of hydrogen-bond donors (Lipinski definition) is 2. The number of carbonyl (C=O) groups excluding carboxylic acids is 3. The Bertz CT molecular complexity index is 1240. The standard InChI is InChI=1S/C23H24F2N4O5S/c24-16-6-8-18(9-7-16)35(33,34)28-11-12-29(23(32)15-3-1-4-17(25)13-15)20(14-28)22(31)27-19-5-2-10-26-21(19)30/h1,3-4,6-9,13,19-20H,2,5,10-12,14H2,(H,26,30)(H,27,31)/t19-,20-/m0/s1. The van der Waals surface area contributed by atoms with E-state index in [1.165, 1.54) is 23.1 Å². The van der Waals surface area contributed by atoms with Crippen molar-refractivity contribution in [2.75, 3.05) is 26.2 Å². The highest BCUT2D eigenvalue weighted by molar-refractivity contribution is 7.89. The van der Waals surface area contributed by atoms with Gasteiger partial charge in [0.2, 0.25) is 21.8 Å². The van der Waals surface area contributed by atoms with Crippen LogP contribution in [0.5, 0.6) is 0 Å². The Balaban J connectivity index is 1.62. The van der Waals surface area contributed by atoms with Crippen LogP contribution < -0.4 is 10.6 Å². The maximum atomic E-state index is 13.7. The zero-order valence-corrected chi connectivity index (χ0v) is 19.4. The van der Waals surface area contributed by atoms with Gasteiger partial charge in [-0.05, 0) is 55.3 Å². The summed E-state index contributed by atoms with van der Waals surface area (Å²) >= 11 is 0. The smallest absolute Gasteiger partial charge is 0.254 e. The minimum absolute atomic E-state index is 0.00745. The predicted octanol–water partition coefficient (Wildman–Crippen LogP) is 0.875. The van der Waals surface area contributed by atoms with Crippen LogP contribution in [0, 0.1) is 11.6 Å². The van der Waals surface area contributed by atoms with E-state index in [1.807, 2.05) is 0 Å². The summed E-state index contributed by atoms with van der Waals surface area (Å²) in [6, 6.07) is 7.16. The van der Waals surface area contributed by atoms with Crippen molar-refractivity contribution in [1.82, 2.24) is 19.8 Å². The van der Waals surface area contributed by atoms with Gasteiger partial charge in [-0.25, -0.2) is 17.2 Å². The molecule has 2 N–H and O–H groups in total. The number of piperidine rings is 1. The summed E-state index contributed by atoms with van der Waals surface area (Å²) in [5.41, 5.74) is 0.00745. The third kappa shape index (κ3) is 5.33. The van der Waals surface area contributed by atoms with Crippen molar-refractivity contribution in [3.63, 3.8) is 0 Å². The molecule has 4 rings (SSSR count). The maximum absolute atomic E-state index is 13.7. The topological polar surface area (TPSA) is 116 Å². The molecule has 0 radical (unpaired) electrons. The second-order valence-electron chi connectivity index (χ2n) is 8.34. The highest BCUT2D eigenvalue weighted by atomic mass is 32.2. The number of amides is 3. The first-order valence-electron chi connectivity index (χ1n) is 11.1. The summed E-state index contributed by atoms with van der Waals surface area (Å²) < 4.78 is 54.4. The number of carbonyl (C=O) groups is 3. The molecule has 2 fully saturated rings. The minimum Gasteiger partial charge on any atom is -0.354 e. The molecule has 2 heterocycles. The normalized spacial score (nSPS) is 21.3. The molecule has 0 aliphatic carbocycles. The molecule has 35 heavy (non-hydrogen) atoms. The van der Waals surface area contributed by atoms with Crippen LogP contribution in [-0.2, 0) is 19.6 Å². The largest absolute Gasteiger partial charge is 0.354 e. The van der Waals surface area contributed by atoms with E-state index in [4.69, 9.17) is 0 Å². The summed E-state index contributed by atoms with van der Waals surface area (Å²) in [5, 5.41) is 5.27. The average molecular weight is 507 g/mol. The molecule has 0 aromatic heterocycles. The monoisotopic (exact) mass is 506 g/mol.